The third-order valence-electron chi connectivity index (χ3n) is 2.55. The van der Waals surface area contributed by atoms with E-state index in [1.807, 2.05) is 0 Å². The number of ketones is 1. The van der Waals surface area contributed by atoms with Crippen LogP contribution in [0.5, 0.6) is 0 Å². The Hall–Kier alpha value is -1.04. The Morgan fingerprint density at radius 2 is 2.25 bits per heavy atom. The Bertz CT molecular complexity index is 430. The molecule has 0 aliphatic carbocycles. The predicted molar refractivity (Wildman–Crippen MR) is 58.6 cm³/mol. The third-order valence-corrected chi connectivity index (χ3v) is 3.86. The number of rotatable bonds is 2. The van der Waals surface area contributed by atoms with Gasteiger partial charge < -0.3 is 4.90 Å². The molecule has 1 aromatic rings. The molecule has 2 rings (SSSR count). The SMILES string of the molecule is CC(=O)c1sc(N2CCC(F)(F)C2)nc1C. The number of hydrogen-bond acceptors (Lipinski definition) is 4. The number of carbonyl (C=O) groups excluding carboxylic acids is 1. The van der Waals surface area contributed by atoms with Gasteiger partial charge in [0.25, 0.3) is 5.92 Å². The van der Waals surface area contributed by atoms with Crippen molar-refractivity contribution in [3.8, 4) is 0 Å². The maximum absolute atomic E-state index is 13.0. The van der Waals surface area contributed by atoms with Crippen LogP contribution in [0.1, 0.15) is 28.7 Å². The maximum Gasteiger partial charge on any atom is 0.267 e. The fraction of sp³-hybridized carbons (Fsp3) is 0.600. The molecule has 1 aromatic heterocycles. The molecule has 88 valence electrons. The predicted octanol–water partition coefficient (Wildman–Crippen LogP) is 2.50. The second kappa shape index (κ2) is 3.76. The zero-order valence-electron chi connectivity index (χ0n) is 9.09. The first-order valence-electron chi connectivity index (χ1n) is 5.00. The molecular weight excluding hydrogens is 234 g/mol. The van der Waals surface area contributed by atoms with Gasteiger partial charge in [-0.1, -0.05) is 11.3 Å². The summed E-state index contributed by atoms with van der Waals surface area (Å²) in [7, 11) is 0. The zero-order valence-corrected chi connectivity index (χ0v) is 9.90. The van der Waals surface area contributed by atoms with Crippen LogP contribution in [0, 0.1) is 6.92 Å². The normalized spacial score (nSPS) is 19.1. The minimum absolute atomic E-state index is 0.0628. The van der Waals surface area contributed by atoms with E-state index in [1.165, 1.54) is 18.3 Å². The van der Waals surface area contributed by atoms with Gasteiger partial charge in [-0.25, -0.2) is 13.8 Å². The molecule has 0 unspecified atom stereocenters. The molecule has 0 saturated carbocycles. The molecular formula is C10H12F2N2OS. The minimum Gasteiger partial charge on any atom is -0.342 e. The summed E-state index contributed by atoms with van der Waals surface area (Å²) in [5.41, 5.74) is 0.628. The van der Waals surface area contributed by atoms with Crippen LogP contribution in [0.2, 0.25) is 0 Å². The van der Waals surface area contributed by atoms with Gasteiger partial charge in [-0.3, -0.25) is 4.79 Å². The number of nitrogens with zero attached hydrogens (tertiary/aromatic N) is 2. The molecule has 0 spiro atoms. The van der Waals surface area contributed by atoms with Crippen molar-refractivity contribution in [1.82, 2.24) is 4.98 Å². The van der Waals surface area contributed by atoms with Gasteiger partial charge in [0.2, 0.25) is 0 Å². The summed E-state index contributed by atoms with van der Waals surface area (Å²) in [6.07, 6.45) is -0.138. The van der Waals surface area contributed by atoms with Crippen LogP contribution in [0.4, 0.5) is 13.9 Å². The zero-order chi connectivity index (χ0) is 11.9. The molecule has 1 fully saturated rings. The summed E-state index contributed by atoms with van der Waals surface area (Å²) in [6.45, 7) is 3.20. The van der Waals surface area contributed by atoms with Crippen molar-refractivity contribution in [3.05, 3.63) is 10.6 Å². The maximum atomic E-state index is 13.0. The first-order chi connectivity index (χ1) is 7.39. The van der Waals surface area contributed by atoms with Gasteiger partial charge in [-0.15, -0.1) is 0 Å². The van der Waals surface area contributed by atoms with Gasteiger partial charge in [-0.2, -0.15) is 0 Å². The summed E-state index contributed by atoms with van der Waals surface area (Å²) < 4.78 is 26.0. The summed E-state index contributed by atoms with van der Waals surface area (Å²) in [4.78, 5) is 17.5. The Labute approximate surface area is 96.1 Å². The molecule has 0 N–H and O–H groups in total. The van der Waals surface area contributed by atoms with Gasteiger partial charge in [0.15, 0.2) is 10.9 Å². The van der Waals surface area contributed by atoms with E-state index in [1.54, 1.807) is 11.8 Å². The van der Waals surface area contributed by atoms with E-state index in [2.05, 4.69) is 4.98 Å². The Balaban J connectivity index is 2.23. The average Bonchev–Trinajstić information content (AvgIpc) is 2.69. The highest BCUT2D eigenvalue weighted by Crippen LogP contribution is 2.34. The average molecular weight is 246 g/mol. The van der Waals surface area contributed by atoms with Crippen LogP contribution in [0.25, 0.3) is 0 Å². The Morgan fingerprint density at radius 1 is 1.56 bits per heavy atom. The van der Waals surface area contributed by atoms with Gasteiger partial charge in [-0.05, 0) is 6.92 Å². The summed E-state index contributed by atoms with van der Waals surface area (Å²) in [5.74, 6) is -2.69. The molecule has 0 amide bonds. The highest BCUT2D eigenvalue weighted by molar-refractivity contribution is 7.17. The van der Waals surface area contributed by atoms with Gasteiger partial charge >= 0.3 is 0 Å². The standard InChI is InChI=1S/C10H12F2N2OS/c1-6-8(7(2)15)16-9(13-6)14-4-3-10(11,12)5-14/h3-5H2,1-2H3. The van der Waals surface area contributed by atoms with Crippen LogP contribution in [0.15, 0.2) is 0 Å². The first-order valence-corrected chi connectivity index (χ1v) is 5.82. The van der Waals surface area contributed by atoms with Gasteiger partial charge in [0.1, 0.15) is 0 Å². The third kappa shape index (κ3) is 2.07. The largest absolute Gasteiger partial charge is 0.342 e. The number of anilines is 1. The molecule has 1 aliphatic rings. The molecule has 0 aromatic carbocycles. The number of thiazole rings is 1. The Kier molecular flexibility index (Phi) is 2.69. The number of hydrogen-bond donors (Lipinski definition) is 0. The summed E-state index contributed by atoms with van der Waals surface area (Å²) in [6, 6.07) is 0. The molecule has 1 saturated heterocycles. The van der Waals surface area contributed by atoms with Crippen LogP contribution >= 0.6 is 11.3 Å². The van der Waals surface area contributed by atoms with Crippen LogP contribution in [-0.2, 0) is 0 Å². The highest BCUT2D eigenvalue weighted by Gasteiger charge is 2.39. The molecule has 3 nitrogen and oxygen atoms in total. The topological polar surface area (TPSA) is 33.2 Å². The van der Waals surface area contributed by atoms with Gasteiger partial charge in [0, 0.05) is 19.9 Å². The monoisotopic (exact) mass is 246 g/mol. The smallest absolute Gasteiger partial charge is 0.267 e. The second-order valence-corrected chi connectivity index (χ2v) is 4.97. The van der Waals surface area contributed by atoms with Crippen LogP contribution < -0.4 is 4.90 Å². The highest BCUT2D eigenvalue weighted by atomic mass is 32.1. The number of halogens is 2. The lowest BCUT2D eigenvalue weighted by atomic mass is 10.3. The van der Waals surface area contributed by atoms with E-state index in [0.717, 1.165) is 0 Å². The second-order valence-electron chi connectivity index (χ2n) is 3.99. The number of alkyl halides is 2. The number of aromatic nitrogens is 1. The first kappa shape index (κ1) is 11.4. The lowest BCUT2D eigenvalue weighted by molar-refractivity contribution is 0.0257. The molecule has 6 heteroatoms. The molecule has 0 atom stereocenters. The Morgan fingerprint density at radius 3 is 2.69 bits per heavy atom. The summed E-state index contributed by atoms with van der Waals surface area (Å²) >= 11 is 1.20. The number of carbonyl (C=O) groups is 1. The minimum atomic E-state index is -2.63. The van der Waals surface area contributed by atoms with E-state index < -0.39 is 5.92 Å². The number of aryl methyl sites for hydroxylation is 1. The quantitative estimate of drug-likeness (QED) is 0.752. The van der Waals surface area contributed by atoms with Crippen molar-refractivity contribution in [1.29, 1.82) is 0 Å². The fourth-order valence-electron chi connectivity index (χ4n) is 1.74. The van der Waals surface area contributed by atoms with Crippen molar-refractivity contribution in [2.45, 2.75) is 26.2 Å². The van der Waals surface area contributed by atoms with E-state index >= 15 is 0 Å². The van der Waals surface area contributed by atoms with Crippen molar-refractivity contribution < 1.29 is 13.6 Å². The van der Waals surface area contributed by atoms with Crippen molar-refractivity contribution >= 4 is 22.3 Å². The van der Waals surface area contributed by atoms with Crippen molar-refractivity contribution in [2.75, 3.05) is 18.0 Å². The molecule has 0 bridgehead atoms. The van der Waals surface area contributed by atoms with E-state index in [4.69, 9.17) is 0 Å². The number of Topliss-reactive ketones (excluding diaryl/α,β-unsaturated/α-hetero) is 1. The lowest BCUT2D eigenvalue weighted by Crippen LogP contribution is -2.24. The fourth-order valence-corrected chi connectivity index (χ4v) is 2.73. The van der Waals surface area contributed by atoms with E-state index in [9.17, 15) is 13.6 Å². The van der Waals surface area contributed by atoms with Crippen LogP contribution in [0.3, 0.4) is 0 Å². The van der Waals surface area contributed by atoms with Gasteiger partial charge in [0.05, 0.1) is 17.1 Å². The molecule has 1 aliphatic heterocycles. The van der Waals surface area contributed by atoms with Crippen molar-refractivity contribution in [2.24, 2.45) is 0 Å². The van der Waals surface area contributed by atoms with E-state index in [-0.39, 0.29) is 18.7 Å². The molecule has 2 heterocycles. The molecule has 0 radical (unpaired) electrons. The molecule has 16 heavy (non-hydrogen) atoms. The van der Waals surface area contributed by atoms with Crippen LogP contribution in [-0.4, -0.2) is 29.8 Å². The lowest BCUT2D eigenvalue weighted by Gasteiger charge is -2.13. The van der Waals surface area contributed by atoms with E-state index in [0.29, 0.717) is 22.2 Å². The van der Waals surface area contributed by atoms with Crippen molar-refractivity contribution in [3.63, 3.8) is 0 Å². The summed E-state index contributed by atoms with van der Waals surface area (Å²) in [5, 5.41) is 0.528.